The van der Waals surface area contributed by atoms with Crippen LogP contribution in [-0.4, -0.2) is 52.7 Å². The number of ether oxygens (including phenoxy) is 1. The number of carbonyl (C=O) groups is 4. The van der Waals surface area contributed by atoms with Crippen LogP contribution in [-0.2, 0) is 16.1 Å². The van der Waals surface area contributed by atoms with Crippen molar-refractivity contribution in [2.75, 3.05) is 14.2 Å². The van der Waals surface area contributed by atoms with E-state index in [1.54, 1.807) is 42.5 Å². The number of amides is 4. The molecule has 2 heterocycles. The Morgan fingerprint density at radius 1 is 1.00 bits per heavy atom. The lowest BCUT2D eigenvalue weighted by Crippen LogP contribution is -2.52. The van der Waals surface area contributed by atoms with Gasteiger partial charge in [-0.15, -0.1) is 0 Å². The Bertz CT molecular complexity index is 1170. The second-order valence-electron chi connectivity index (χ2n) is 6.99. The van der Waals surface area contributed by atoms with Crippen molar-refractivity contribution in [3.8, 4) is 5.75 Å². The largest absolute Gasteiger partial charge is 0.496 e. The van der Waals surface area contributed by atoms with E-state index < -0.39 is 11.8 Å². The molecule has 1 saturated heterocycles. The highest BCUT2D eigenvalue weighted by Gasteiger charge is 2.35. The first-order valence-electron chi connectivity index (χ1n) is 9.29. The maximum atomic E-state index is 12.7. The van der Waals surface area contributed by atoms with Crippen LogP contribution < -0.4 is 10.1 Å². The standard InChI is InChI=1S/C22H17N3O5S/c1-24-19(27)16(18(26)23-22(24)31)10-12-7-8-17(30-2)13(9-12)11-25-20(28)14-5-3-4-6-15(14)21(25)29/h3-10H,11H2,1-2H3,(H,23,26,31)/b16-10-. The van der Waals surface area contributed by atoms with E-state index in [-0.39, 0.29) is 29.0 Å². The van der Waals surface area contributed by atoms with Gasteiger partial charge < -0.3 is 4.74 Å². The first-order valence-corrected chi connectivity index (χ1v) is 9.70. The smallest absolute Gasteiger partial charge is 0.265 e. The summed E-state index contributed by atoms with van der Waals surface area (Å²) in [5.41, 5.74) is 1.72. The van der Waals surface area contributed by atoms with E-state index in [1.165, 1.54) is 25.1 Å². The van der Waals surface area contributed by atoms with Gasteiger partial charge >= 0.3 is 0 Å². The van der Waals surface area contributed by atoms with Gasteiger partial charge in [0.2, 0.25) is 0 Å². The predicted octanol–water partition coefficient (Wildman–Crippen LogP) is 1.75. The van der Waals surface area contributed by atoms with Crippen LogP contribution in [0.2, 0.25) is 0 Å². The van der Waals surface area contributed by atoms with Crippen LogP contribution >= 0.6 is 12.2 Å². The Balaban J connectivity index is 1.67. The molecule has 2 aromatic rings. The number of nitrogens with zero attached hydrogens (tertiary/aromatic N) is 2. The molecule has 0 radical (unpaired) electrons. The molecule has 1 N–H and O–H groups in total. The molecule has 0 aromatic heterocycles. The SMILES string of the molecule is COc1ccc(/C=C2/C(=O)NC(=S)N(C)C2=O)cc1CN1C(=O)c2ccccc2C1=O. The summed E-state index contributed by atoms with van der Waals surface area (Å²) in [6, 6.07) is 11.6. The van der Waals surface area contributed by atoms with Crippen LogP contribution in [0.25, 0.3) is 6.08 Å². The van der Waals surface area contributed by atoms with E-state index in [1.807, 2.05) is 0 Å². The van der Waals surface area contributed by atoms with Gasteiger partial charge in [0.15, 0.2) is 5.11 Å². The van der Waals surface area contributed by atoms with E-state index in [2.05, 4.69) is 5.32 Å². The maximum Gasteiger partial charge on any atom is 0.265 e. The number of hydrogen-bond acceptors (Lipinski definition) is 6. The summed E-state index contributed by atoms with van der Waals surface area (Å²) in [6.45, 7) is -0.0172. The molecule has 156 valence electrons. The van der Waals surface area contributed by atoms with Gasteiger partial charge in [0.1, 0.15) is 11.3 Å². The van der Waals surface area contributed by atoms with Crippen LogP contribution in [0.4, 0.5) is 0 Å². The zero-order valence-electron chi connectivity index (χ0n) is 16.7. The highest BCUT2D eigenvalue weighted by molar-refractivity contribution is 7.80. The molecule has 0 aliphatic carbocycles. The monoisotopic (exact) mass is 435 g/mol. The lowest BCUT2D eigenvalue weighted by Gasteiger charge is -2.25. The predicted molar refractivity (Wildman–Crippen MR) is 115 cm³/mol. The molecule has 2 aromatic carbocycles. The maximum absolute atomic E-state index is 12.7. The number of likely N-dealkylation sites (N-methyl/N-ethyl adjacent to an activating group) is 1. The quantitative estimate of drug-likeness (QED) is 0.340. The molecule has 9 heteroatoms. The van der Waals surface area contributed by atoms with Crippen molar-refractivity contribution in [1.29, 1.82) is 0 Å². The van der Waals surface area contributed by atoms with Crippen molar-refractivity contribution < 1.29 is 23.9 Å². The normalized spacial score (nSPS) is 17.4. The molecule has 4 rings (SSSR count). The number of carbonyl (C=O) groups excluding carboxylic acids is 4. The summed E-state index contributed by atoms with van der Waals surface area (Å²) in [4.78, 5) is 52.4. The Hall–Kier alpha value is -3.85. The molecular formula is C22H17N3O5S. The molecule has 2 aliphatic rings. The van der Waals surface area contributed by atoms with E-state index in [9.17, 15) is 19.2 Å². The van der Waals surface area contributed by atoms with Crippen LogP contribution in [0.15, 0.2) is 48.0 Å². The van der Waals surface area contributed by atoms with Crippen LogP contribution in [0, 0.1) is 0 Å². The van der Waals surface area contributed by atoms with Gasteiger partial charge in [-0.05, 0) is 48.1 Å². The zero-order valence-corrected chi connectivity index (χ0v) is 17.5. The number of nitrogens with one attached hydrogen (secondary N) is 1. The number of hydrogen-bond donors (Lipinski definition) is 1. The van der Waals surface area contributed by atoms with Crippen molar-refractivity contribution in [2.45, 2.75) is 6.54 Å². The van der Waals surface area contributed by atoms with Crippen molar-refractivity contribution in [2.24, 2.45) is 0 Å². The minimum Gasteiger partial charge on any atom is -0.496 e. The van der Waals surface area contributed by atoms with Gasteiger partial charge in [-0.2, -0.15) is 0 Å². The average Bonchev–Trinajstić information content (AvgIpc) is 3.00. The highest BCUT2D eigenvalue weighted by atomic mass is 32.1. The number of rotatable bonds is 4. The first kappa shape index (κ1) is 20.4. The van der Waals surface area contributed by atoms with Gasteiger partial charge in [-0.1, -0.05) is 18.2 Å². The third-order valence-electron chi connectivity index (χ3n) is 5.13. The van der Waals surface area contributed by atoms with E-state index in [0.717, 1.165) is 4.90 Å². The summed E-state index contributed by atoms with van der Waals surface area (Å²) in [5.74, 6) is -1.42. The minimum absolute atomic E-state index is 0.0172. The third kappa shape index (κ3) is 3.49. The lowest BCUT2D eigenvalue weighted by atomic mass is 10.0. The number of fused-ring (bicyclic) bond motifs is 1. The van der Waals surface area contributed by atoms with Gasteiger partial charge in [0.25, 0.3) is 23.6 Å². The second kappa shape index (κ2) is 7.77. The Morgan fingerprint density at radius 2 is 1.65 bits per heavy atom. The third-order valence-corrected chi connectivity index (χ3v) is 5.50. The summed E-state index contributed by atoms with van der Waals surface area (Å²) < 4.78 is 5.38. The molecule has 0 atom stereocenters. The zero-order chi connectivity index (χ0) is 22.3. The van der Waals surface area contributed by atoms with Crippen molar-refractivity contribution in [3.63, 3.8) is 0 Å². The van der Waals surface area contributed by atoms with Gasteiger partial charge in [0, 0.05) is 12.6 Å². The molecule has 31 heavy (non-hydrogen) atoms. The topological polar surface area (TPSA) is 96.0 Å². The number of thiocarbonyl (C=S) groups is 1. The van der Waals surface area contributed by atoms with Crippen LogP contribution in [0.5, 0.6) is 5.75 Å². The molecule has 4 amide bonds. The Labute approximate surface area is 183 Å². The molecule has 0 unspecified atom stereocenters. The van der Waals surface area contributed by atoms with Crippen LogP contribution in [0.3, 0.4) is 0 Å². The highest BCUT2D eigenvalue weighted by Crippen LogP contribution is 2.28. The molecular weight excluding hydrogens is 418 g/mol. The molecule has 0 saturated carbocycles. The molecule has 1 fully saturated rings. The summed E-state index contributed by atoms with van der Waals surface area (Å²) in [5, 5.41) is 2.49. The average molecular weight is 435 g/mol. The summed E-state index contributed by atoms with van der Waals surface area (Å²) in [6.07, 6.45) is 1.43. The Kier molecular flexibility index (Phi) is 5.12. The summed E-state index contributed by atoms with van der Waals surface area (Å²) in [7, 11) is 2.95. The van der Waals surface area contributed by atoms with E-state index >= 15 is 0 Å². The second-order valence-corrected chi connectivity index (χ2v) is 7.38. The van der Waals surface area contributed by atoms with Crippen LogP contribution in [0.1, 0.15) is 31.8 Å². The van der Waals surface area contributed by atoms with E-state index in [0.29, 0.717) is 28.0 Å². The molecule has 0 spiro atoms. The fraction of sp³-hybridized carbons (Fsp3) is 0.136. The Morgan fingerprint density at radius 3 is 2.26 bits per heavy atom. The molecule has 0 bridgehead atoms. The van der Waals surface area contributed by atoms with Crippen molar-refractivity contribution >= 4 is 47.0 Å². The fourth-order valence-electron chi connectivity index (χ4n) is 3.48. The van der Waals surface area contributed by atoms with Gasteiger partial charge in [-0.25, -0.2) is 0 Å². The molecule has 8 nitrogen and oxygen atoms in total. The summed E-state index contributed by atoms with van der Waals surface area (Å²) >= 11 is 4.95. The van der Waals surface area contributed by atoms with Crippen molar-refractivity contribution in [1.82, 2.24) is 15.1 Å². The number of benzene rings is 2. The van der Waals surface area contributed by atoms with E-state index in [4.69, 9.17) is 17.0 Å². The number of imide groups is 1. The van der Waals surface area contributed by atoms with Crippen molar-refractivity contribution in [3.05, 3.63) is 70.3 Å². The van der Waals surface area contributed by atoms with Gasteiger partial charge in [0.05, 0.1) is 24.8 Å². The first-order chi connectivity index (χ1) is 14.8. The lowest BCUT2D eigenvalue weighted by molar-refractivity contribution is -0.128. The minimum atomic E-state index is -0.592. The van der Waals surface area contributed by atoms with Gasteiger partial charge in [-0.3, -0.25) is 34.3 Å². The molecule has 2 aliphatic heterocycles. The number of methoxy groups -OCH3 is 1. The fourth-order valence-corrected chi connectivity index (χ4v) is 3.65.